The molecular weight excluding hydrogens is 264 g/mol. The first-order valence-electron chi connectivity index (χ1n) is 7.00. The molecule has 1 atom stereocenters. The van der Waals surface area contributed by atoms with Gasteiger partial charge >= 0.3 is 0 Å². The quantitative estimate of drug-likeness (QED) is 0.912. The minimum atomic E-state index is -0.588. The Kier molecular flexibility index (Phi) is 4.86. The summed E-state index contributed by atoms with van der Waals surface area (Å²) in [5.74, 6) is 1.37. The molecule has 0 saturated carbocycles. The lowest BCUT2D eigenvalue weighted by molar-refractivity contribution is 0.177. The van der Waals surface area contributed by atoms with E-state index < -0.39 is 6.10 Å². The second-order valence-corrected chi connectivity index (χ2v) is 5.30. The fourth-order valence-corrected chi connectivity index (χ4v) is 2.37. The molecule has 3 nitrogen and oxygen atoms in total. The molecule has 0 aliphatic heterocycles. The van der Waals surface area contributed by atoms with E-state index >= 15 is 0 Å². The largest absolute Gasteiger partial charge is 0.497 e. The summed E-state index contributed by atoms with van der Waals surface area (Å²) in [6, 6.07) is 11.8. The van der Waals surface area contributed by atoms with Crippen LogP contribution in [-0.2, 0) is 6.42 Å². The highest BCUT2D eigenvalue weighted by Crippen LogP contribution is 2.28. The maximum Gasteiger partial charge on any atom is 0.122 e. The monoisotopic (exact) mass is 286 g/mol. The molecule has 0 heterocycles. The van der Waals surface area contributed by atoms with Crippen LogP contribution in [0.15, 0.2) is 36.4 Å². The number of rotatable bonds is 5. The molecule has 1 N–H and O–H groups in total. The van der Waals surface area contributed by atoms with Crippen LogP contribution in [0.4, 0.5) is 0 Å². The van der Waals surface area contributed by atoms with Crippen molar-refractivity contribution in [2.24, 2.45) is 0 Å². The van der Waals surface area contributed by atoms with E-state index in [2.05, 4.69) is 32.0 Å². The van der Waals surface area contributed by atoms with Gasteiger partial charge in [-0.15, -0.1) is 0 Å². The van der Waals surface area contributed by atoms with Gasteiger partial charge in [0.1, 0.15) is 11.5 Å². The van der Waals surface area contributed by atoms with Crippen LogP contribution in [0.3, 0.4) is 0 Å². The predicted octanol–water partition coefficient (Wildman–Crippen LogP) is 3.60. The summed E-state index contributed by atoms with van der Waals surface area (Å²) in [7, 11) is 3.21. The van der Waals surface area contributed by atoms with E-state index in [1.807, 2.05) is 12.1 Å². The molecule has 3 heteroatoms. The van der Waals surface area contributed by atoms with Gasteiger partial charge in [0.05, 0.1) is 20.3 Å². The number of ether oxygens (including phenoxy) is 2. The van der Waals surface area contributed by atoms with Crippen LogP contribution in [0.5, 0.6) is 11.5 Å². The van der Waals surface area contributed by atoms with Crippen molar-refractivity contribution < 1.29 is 14.6 Å². The van der Waals surface area contributed by atoms with Crippen molar-refractivity contribution in [3.8, 4) is 11.5 Å². The number of benzene rings is 2. The molecule has 0 aromatic heterocycles. The van der Waals surface area contributed by atoms with Gasteiger partial charge in [-0.3, -0.25) is 0 Å². The van der Waals surface area contributed by atoms with Crippen molar-refractivity contribution in [2.45, 2.75) is 26.4 Å². The number of hydrogen-bond acceptors (Lipinski definition) is 3. The first-order valence-corrected chi connectivity index (χ1v) is 7.00. The Hall–Kier alpha value is -2.00. The highest BCUT2D eigenvalue weighted by atomic mass is 16.5. The summed E-state index contributed by atoms with van der Waals surface area (Å²) >= 11 is 0. The van der Waals surface area contributed by atoms with Gasteiger partial charge < -0.3 is 14.6 Å². The maximum atomic E-state index is 10.5. The number of hydrogen-bond donors (Lipinski definition) is 1. The molecule has 0 aliphatic carbocycles. The van der Waals surface area contributed by atoms with E-state index in [-0.39, 0.29) is 0 Å². The van der Waals surface area contributed by atoms with Crippen molar-refractivity contribution in [3.05, 3.63) is 58.7 Å². The Morgan fingerprint density at radius 2 is 1.57 bits per heavy atom. The molecule has 2 aromatic rings. The van der Waals surface area contributed by atoms with Gasteiger partial charge in [0.15, 0.2) is 0 Å². The molecule has 112 valence electrons. The van der Waals surface area contributed by atoms with E-state index in [1.54, 1.807) is 20.3 Å². The molecule has 0 saturated heterocycles. The van der Waals surface area contributed by atoms with E-state index in [0.29, 0.717) is 17.9 Å². The van der Waals surface area contributed by atoms with E-state index in [1.165, 1.54) is 11.1 Å². The zero-order valence-corrected chi connectivity index (χ0v) is 13.0. The van der Waals surface area contributed by atoms with Crippen molar-refractivity contribution >= 4 is 0 Å². The van der Waals surface area contributed by atoms with Crippen LogP contribution < -0.4 is 9.47 Å². The van der Waals surface area contributed by atoms with Gasteiger partial charge in [-0.2, -0.15) is 0 Å². The maximum absolute atomic E-state index is 10.5. The number of aliphatic hydroxyl groups excluding tert-OH is 1. The van der Waals surface area contributed by atoms with Crippen molar-refractivity contribution in [1.82, 2.24) is 0 Å². The molecule has 2 aromatic carbocycles. The molecule has 0 spiro atoms. The minimum absolute atomic E-state index is 0.573. The normalized spacial score (nSPS) is 12.0. The third-order valence-corrected chi connectivity index (χ3v) is 3.68. The van der Waals surface area contributed by atoms with Crippen LogP contribution in [0.2, 0.25) is 0 Å². The van der Waals surface area contributed by atoms with Gasteiger partial charge in [0, 0.05) is 12.5 Å². The van der Waals surface area contributed by atoms with Gasteiger partial charge in [-0.05, 0) is 42.7 Å². The van der Waals surface area contributed by atoms with Crippen LogP contribution in [0, 0.1) is 13.8 Å². The second kappa shape index (κ2) is 6.64. The van der Waals surface area contributed by atoms with E-state index in [9.17, 15) is 5.11 Å². The van der Waals surface area contributed by atoms with Crippen molar-refractivity contribution in [3.63, 3.8) is 0 Å². The van der Waals surface area contributed by atoms with Gasteiger partial charge in [-0.1, -0.05) is 23.8 Å². The van der Waals surface area contributed by atoms with Crippen molar-refractivity contribution in [1.29, 1.82) is 0 Å². The van der Waals surface area contributed by atoms with Crippen LogP contribution in [0.25, 0.3) is 0 Å². The fourth-order valence-electron chi connectivity index (χ4n) is 2.37. The smallest absolute Gasteiger partial charge is 0.122 e. The van der Waals surface area contributed by atoms with Crippen molar-refractivity contribution in [2.75, 3.05) is 14.2 Å². The fraction of sp³-hybridized carbons (Fsp3) is 0.333. The van der Waals surface area contributed by atoms with E-state index in [0.717, 1.165) is 11.1 Å². The lowest BCUT2D eigenvalue weighted by Gasteiger charge is -2.15. The number of aryl methyl sites for hydroxylation is 2. The lowest BCUT2D eigenvalue weighted by atomic mass is 9.96. The van der Waals surface area contributed by atoms with Crippen LogP contribution in [-0.4, -0.2) is 19.3 Å². The molecule has 0 fully saturated rings. The Labute approximate surface area is 126 Å². The average Bonchev–Trinajstić information content (AvgIpc) is 2.50. The van der Waals surface area contributed by atoms with Gasteiger partial charge in [0.2, 0.25) is 0 Å². The highest BCUT2D eigenvalue weighted by molar-refractivity contribution is 5.40. The van der Waals surface area contributed by atoms with Gasteiger partial charge in [-0.25, -0.2) is 0 Å². The second-order valence-electron chi connectivity index (χ2n) is 5.30. The van der Waals surface area contributed by atoms with Gasteiger partial charge in [0.25, 0.3) is 0 Å². The molecule has 0 aliphatic rings. The molecule has 1 unspecified atom stereocenters. The zero-order valence-electron chi connectivity index (χ0n) is 13.0. The molecule has 2 rings (SSSR count). The molecule has 0 amide bonds. The van der Waals surface area contributed by atoms with Crippen LogP contribution >= 0.6 is 0 Å². The molecule has 21 heavy (non-hydrogen) atoms. The highest BCUT2D eigenvalue weighted by Gasteiger charge is 2.13. The molecule has 0 bridgehead atoms. The Morgan fingerprint density at radius 1 is 0.952 bits per heavy atom. The summed E-state index contributed by atoms with van der Waals surface area (Å²) in [4.78, 5) is 0. The Morgan fingerprint density at radius 3 is 2.14 bits per heavy atom. The zero-order chi connectivity index (χ0) is 15.4. The average molecular weight is 286 g/mol. The SMILES string of the molecule is COc1cc(OC)cc(C(O)Cc2cc(C)ccc2C)c1. The molecular formula is C18H22O3. The summed E-state index contributed by atoms with van der Waals surface area (Å²) in [6.45, 7) is 4.12. The van der Waals surface area contributed by atoms with E-state index in [4.69, 9.17) is 9.47 Å². The minimum Gasteiger partial charge on any atom is -0.497 e. The number of methoxy groups -OCH3 is 2. The summed E-state index contributed by atoms with van der Waals surface area (Å²) < 4.78 is 10.5. The number of aliphatic hydroxyl groups is 1. The summed E-state index contributed by atoms with van der Waals surface area (Å²) in [6.07, 6.45) is -0.0152. The topological polar surface area (TPSA) is 38.7 Å². The Bertz CT molecular complexity index is 598. The summed E-state index contributed by atoms with van der Waals surface area (Å²) in [5.41, 5.74) is 4.34. The standard InChI is InChI=1S/C18H22O3/c1-12-5-6-13(2)14(7-12)10-18(19)15-8-16(20-3)11-17(9-15)21-4/h5-9,11,18-19H,10H2,1-4H3. The third-order valence-electron chi connectivity index (χ3n) is 3.68. The summed E-state index contributed by atoms with van der Waals surface area (Å²) in [5, 5.41) is 10.5. The first-order chi connectivity index (χ1) is 10.0. The van der Waals surface area contributed by atoms with Crippen LogP contribution in [0.1, 0.15) is 28.4 Å². The third kappa shape index (κ3) is 3.76. The first kappa shape index (κ1) is 15.4. The lowest BCUT2D eigenvalue weighted by Crippen LogP contribution is -2.04. The molecule has 0 radical (unpaired) electrons. The Balaban J connectivity index is 2.27. The predicted molar refractivity (Wildman–Crippen MR) is 84.1 cm³/mol.